The molecule has 0 radical (unpaired) electrons. The molecule has 0 unspecified atom stereocenters. The fourth-order valence-corrected chi connectivity index (χ4v) is 4.74. The van der Waals surface area contributed by atoms with Gasteiger partial charge in [0, 0.05) is 5.92 Å². The molecule has 0 aromatic heterocycles. The number of hydrogen-bond acceptors (Lipinski definition) is 2. The van der Waals surface area contributed by atoms with Gasteiger partial charge in [-0.15, -0.1) is 0 Å². The maximum atomic E-state index is 6.15. The third-order valence-electron chi connectivity index (χ3n) is 3.22. The summed E-state index contributed by atoms with van der Waals surface area (Å²) >= 11 is 0. The Balaban J connectivity index is 2.93. The zero-order valence-electron chi connectivity index (χ0n) is 11.2. The number of hydrogen-bond donors (Lipinski definition) is 0. The largest absolute Gasteiger partial charge is 0.395 e. The molecule has 1 aliphatic rings. The molecule has 16 heavy (non-hydrogen) atoms. The van der Waals surface area contributed by atoms with Crippen LogP contribution >= 0.6 is 0 Å². The van der Waals surface area contributed by atoms with Gasteiger partial charge in [0.25, 0.3) is 0 Å². The SMILES string of the molecule is C[SiH2]OC(O[SiH2]C)(C1=CCCCC1)C(C)C. The summed E-state index contributed by atoms with van der Waals surface area (Å²) in [6.45, 7) is 8.84. The predicted molar refractivity (Wildman–Crippen MR) is 75.1 cm³/mol. The molecule has 1 aliphatic carbocycles. The lowest BCUT2D eigenvalue weighted by molar-refractivity contribution is -0.117. The Bertz CT molecular complexity index is 233. The maximum absolute atomic E-state index is 6.15. The smallest absolute Gasteiger partial charge is 0.173 e. The first-order chi connectivity index (χ1) is 7.67. The van der Waals surface area contributed by atoms with Crippen LogP contribution in [-0.2, 0) is 8.85 Å². The summed E-state index contributed by atoms with van der Waals surface area (Å²) in [7, 11) is -0.884. The van der Waals surface area contributed by atoms with Crippen LogP contribution in [-0.4, -0.2) is 25.3 Å². The Morgan fingerprint density at radius 1 is 1.19 bits per heavy atom. The van der Waals surface area contributed by atoms with Crippen molar-refractivity contribution < 1.29 is 8.85 Å². The summed E-state index contributed by atoms with van der Waals surface area (Å²) in [5.41, 5.74) is 1.43. The monoisotopic (exact) mass is 258 g/mol. The fraction of sp³-hybridized carbons (Fsp3) is 0.833. The van der Waals surface area contributed by atoms with E-state index in [2.05, 4.69) is 33.0 Å². The highest BCUT2D eigenvalue weighted by molar-refractivity contribution is 6.26. The van der Waals surface area contributed by atoms with Gasteiger partial charge < -0.3 is 8.85 Å². The summed E-state index contributed by atoms with van der Waals surface area (Å²) in [6.07, 6.45) is 7.36. The first kappa shape index (κ1) is 14.2. The zero-order chi connectivity index (χ0) is 12.0. The van der Waals surface area contributed by atoms with E-state index in [1.54, 1.807) is 0 Å². The fourth-order valence-electron chi connectivity index (χ4n) is 2.51. The van der Waals surface area contributed by atoms with Crippen LogP contribution in [0.3, 0.4) is 0 Å². The van der Waals surface area contributed by atoms with Crippen molar-refractivity contribution in [3.05, 3.63) is 11.6 Å². The molecule has 0 heterocycles. The van der Waals surface area contributed by atoms with Crippen LogP contribution in [0.1, 0.15) is 39.5 Å². The van der Waals surface area contributed by atoms with E-state index in [4.69, 9.17) is 8.85 Å². The summed E-state index contributed by atoms with van der Waals surface area (Å²) in [5.74, 6) is 0.0827. The molecule has 94 valence electrons. The van der Waals surface area contributed by atoms with Crippen LogP contribution < -0.4 is 0 Å². The lowest BCUT2D eigenvalue weighted by Crippen LogP contribution is -2.45. The Labute approximate surface area is 105 Å². The van der Waals surface area contributed by atoms with E-state index in [-0.39, 0.29) is 5.79 Å². The molecule has 0 atom stereocenters. The molecule has 0 aliphatic heterocycles. The van der Waals surface area contributed by atoms with Crippen LogP contribution in [0.2, 0.25) is 13.1 Å². The van der Waals surface area contributed by atoms with Crippen LogP contribution in [0.4, 0.5) is 0 Å². The van der Waals surface area contributed by atoms with Crippen molar-refractivity contribution in [3.63, 3.8) is 0 Å². The topological polar surface area (TPSA) is 18.5 Å². The van der Waals surface area contributed by atoms with Gasteiger partial charge in [-0.1, -0.05) is 33.0 Å². The average Bonchev–Trinajstić information content (AvgIpc) is 2.29. The molecule has 0 amide bonds. The molecule has 0 aromatic rings. The van der Waals surface area contributed by atoms with Crippen LogP contribution in [0, 0.1) is 5.92 Å². The molecule has 0 N–H and O–H groups in total. The Morgan fingerprint density at radius 2 is 1.81 bits per heavy atom. The van der Waals surface area contributed by atoms with E-state index < -0.39 is 19.5 Å². The van der Waals surface area contributed by atoms with Crippen LogP contribution in [0.5, 0.6) is 0 Å². The standard InChI is InChI=1S/C12H26O2Si2/c1-10(2)12(13-15-3,14-16-4)11-8-6-5-7-9-11/h8,10H,5-7,9,15-16H2,1-4H3. The lowest BCUT2D eigenvalue weighted by atomic mass is 9.87. The molecule has 0 spiro atoms. The van der Waals surface area contributed by atoms with Crippen molar-refractivity contribution in [1.82, 2.24) is 0 Å². The molecule has 1 rings (SSSR count). The molecule has 0 saturated carbocycles. The molecule has 4 heteroatoms. The van der Waals surface area contributed by atoms with E-state index in [0.717, 1.165) is 0 Å². The van der Waals surface area contributed by atoms with Gasteiger partial charge in [0.2, 0.25) is 0 Å². The van der Waals surface area contributed by atoms with E-state index in [1.165, 1.54) is 31.3 Å². The first-order valence-electron chi connectivity index (χ1n) is 6.64. The summed E-state index contributed by atoms with van der Waals surface area (Å²) in [4.78, 5) is 0. The van der Waals surface area contributed by atoms with E-state index in [0.29, 0.717) is 5.92 Å². The van der Waals surface area contributed by atoms with Crippen molar-refractivity contribution >= 4 is 19.5 Å². The normalized spacial score (nSPS) is 22.2. The lowest BCUT2D eigenvalue weighted by Gasteiger charge is -2.41. The minimum atomic E-state index is -0.442. The minimum absolute atomic E-state index is 0.345. The van der Waals surface area contributed by atoms with Gasteiger partial charge in [0.1, 0.15) is 0 Å². The van der Waals surface area contributed by atoms with Gasteiger partial charge >= 0.3 is 0 Å². The van der Waals surface area contributed by atoms with Crippen molar-refractivity contribution in [2.24, 2.45) is 5.92 Å². The first-order valence-corrected chi connectivity index (χ1v) is 10.6. The Morgan fingerprint density at radius 3 is 2.19 bits per heavy atom. The van der Waals surface area contributed by atoms with Crippen molar-refractivity contribution in [2.75, 3.05) is 0 Å². The second-order valence-corrected chi connectivity index (χ2v) is 6.40. The molecular formula is C12H26O2Si2. The maximum Gasteiger partial charge on any atom is 0.173 e. The number of allylic oxidation sites excluding steroid dienone is 1. The van der Waals surface area contributed by atoms with Gasteiger partial charge in [-0.05, 0) is 31.3 Å². The second kappa shape index (κ2) is 6.74. The van der Waals surface area contributed by atoms with Gasteiger partial charge in [-0.25, -0.2) is 0 Å². The summed E-state index contributed by atoms with van der Waals surface area (Å²) in [5, 5.41) is 0. The van der Waals surface area contributed by atoms with E-state index in [9.17, 15) is 0 Å². The highest BCUT2D eigenvalue weighted by atomic mass is 28.2. The molecule has 0 bridgehead atoms. The number of rotatable bonds is 6. The van der Waals surface area contributed by atoms with Gasteiger partial charge in [-0.2, -0.15) is 0 Å². The highest BCUT2D eigenvalue weighted by Crippen LogP contribution is 2.36. The van der Waals surface area contributed by atoms with E-state index >= 15 is 0 Å². The third kappa shape index (κ3) is 3.06. The zero-order valence-corrected chi connectivity index (χ0v) is 14.0. The van der Waals surface area contributed by atoms with Gasteiger partial charge in [0.15, 0.2) is 25.3 Å². The Hall–Kier alpha value is 0.0938. The molecule has 2 nitrogen and oxygen atoms in total. The highest BCUT2D eigenvalue weighted by Gasteiger charge is 2.38. The van der Waals surface area contributed by atoms with Gasteiger partial charge in [0.05, 0.1) is 0 Å². The summed E-state index contributed by atoms with van der Waals surface area (Å²) in [6, 6.07) is 0. The minimum Gasteiger partial charge on any atom is -0.395 e. The van der Waals surface area contributed by atoms with Gasteiger partial charge in [-0.3, -0.25) is 0 Å². The van der Waals surface area contributed by atoms with E-state index in [1.807, 2.05) is 0 Å². The van der Waals surface area contributed by atoms with Crippen molar-refractivity contribution in [2.45, 2.75) is 58.4 Å². The summed E-state index contributed by atoms with van der Waals surface area (Å²) < 4.78 is 12.3. The van der Waals surface area contributed by atoms with Crippen molar-refractivity contribution in [3.8, 4) is 0 Å². The Kier molecular flexibility index (Phi) is 5.96. The van der Waals surface area contributed by atoms with Crippen molar-refractivity contribution in [1.29, 1.82) is 0 Å². The molecule has 0 saturated heterocycles. The average molecular weight is 259 g/mol. The third-order valence-corrected chi connectivity index (χ3v) is 4.65. The predicted octanol–water partition coefficient (Wildman–Crippen LogP) is 2.14. The molecule has 0 fully saturated rings. The molecular weight excluding hydrogens is 232 g/mol. The quantitative estimate of drug-likeness (QED) is 0.413. The molecule has 0 aromatic carbocycles. The van der Waals surface area contributed by atoms with Crippen LogP contribution in [0.15, 0.2) is 11.6 Å². The van der Waals surface area contributed by atoms with Crippen LogP contribution in [0.25, 0.3) is 0 Å². The second-order valence-electron chi connectivity index (χ2n) is 4.66.